The van der Waals surface area contributed by atoms with Crippen molar-refractivity contribution in [2.45, 2.75) is 6.42 Å². The predicted octanol–water partition coefficient (Wildman–Crippen LogP) is 1.55. The third-order valence-corrected chi connectivity index (χ3v) is 3.75. The third-order valence-electron chi connectivity index (χ3n) is 3.75. The Kier molecular flexibility index (Phi) is 5.51. The van der Waals surface area contributed by atoms with Crippen molar-refractivity contribution in [2.24, 2.45) is 0 Å². The van der Waals surface area contributed by atoms with E-state index in [0.717, 1.165) is 5.56 Å². The second-order valence-corrected chi connectivity index (χ2v) is 5.60. The summed E-state index contributed by atoms with van der Waals surface area (Å²) in [5.41, 5.74) is 1.39. The number of rotatable bonds is 6. The van der Waals surface area contributed by atoms with Crippen LogP contribution in [0.3, 0.4) is 0 Å². The van der Waals surface area contributed by atoms with Gasteiger partial charge in [-0.1, -0.05) is 36.4 Å². The highest BCUT2D eigenvalue weighted by atomic mass is 16.6. The lowest BCUT2D eigenvalue weighted by Gasteiger charge is -2.20. The van der Waals surface area contributed by atoms with E-state index in [1.165, 1.54) is 0 Å². The fourth-order valence-corrected chi connectivity index (χ4v) is 2.57. The Balaban J connectivity index is 1.45. The lowest BCUT2D eigenvalue weighted by atomic mass is 10.1. The Morgan fingerprint density at radius 1 is 0.880 bits per heavy atom. The summed E-state index contributed by atoms with van der Waals surface area (Å²) in [5, 5.41) is 5.57. The molecule has 0 saturated carbocycles. The number of hydrogen-bond acceptors (Lipinski definition) is 4. The first-order chi connectivity index (χ1) is 12.2. The number of ether oxygens (including phenoxy) is 2. The van der Waals surface area contributed by atoms with Crippen molar-refractivity contribution >= 4 is 11.8 Å². The van der Waals surface area contributed by atoms with E-state index in [2.05, 4.69) is 10.6 Å². The van der Waals surface area contributed by atoms with Gasteiger partial charge in [-0.3, -0.25) is 9.59 Å². The number of benzene rings is 2. The topological polar surface area (TPSA) is 76.7 Å². The fraction of sp³-hybridized carbons (Fsp3) is 0.263. The molecule has 1 aliphatic heterocycles. The van der Waals surface area contributed by atoms with Crippen molar-refractivity contribution in [2.75, 3.05) is 26.3 Å². The molecule has 2 amide bonds. The van der Waals surface area contributed by atoms with Crippen LogP contribution in [0.15, 0.2) is 48.5 Å². The molecule has 3 rings (SSSR count). The number of hydrogen-bond donors (Lipinski definition) is 2. The molecule has 2 N–H and O–H groups in total. The lowest BCUT2D eigenvalue weighted by molar-refractivity contribution is -0.120. The lowest BCUT2D eigenvalue weighted by Crippen LogP contribution is -2.35. The Morgan fingerprint density at radius 3 is 2.48 bits per heavy atom. The molecule has 0 radical (unpaired) electrons. The smallest absolute Gasteiger partial charge is 0.255 e. The van der Waals surface area contributed by atoms with Gasteiger partial charge in [0.15, 0.2) is 11.5 Å². The van der Waals surface area contributed by atoms with Gasteiger partial charge in [0.1, 0.15) is 13.2 Å². The Labute approximate surface area is 146 Å². The Bertz CT molecular complexity index is 746. The number of amides is 2. The molecule has 130 valence electrons. The zero-order valence-electron chi connectivity index (χ0n) is 13.8. The summed E-state index contributed by atoms with van der Waals surface area (Å²) in [6.45, 7) is 1.60. The zero-order valence-corrected chi connectivity index (χ0v) is 13.8. The third kappa shape index (κ3) is 4.50. The molecule has 2 aromatic rings. The summed E-state index contributed by atoms with van der Waals surface area (Å²) in [5.74, 6) is 0.725. The summed E-state index contributed by atoms with van der Waals surface area (Å²) < 4.78 is 11.0. The largest absolute Gasteiger partial charge is 0.486 e. The molecule has 2 aromatic carbocycles. The molecule has 0 unspecified atom stereocenters. The van der Waals surface area contributed by atoms with Crippen LogP contribution in [0, 0.1) is 0 Å². The number of carbonyl (C=O) groups is 2. The minimum absolute atomic E-state index is 0.0747. The highest BCUT2D eigenvalue weighted by molar-refractivity contribution is 5.97. The number of nitrogens with one attached hydrogen (secondary N) is 2. The molecule has 6 heteroatoms. The van der Waals surface area contributed by atoms with Crippen molar-refractivity contribution < 1.29 is 19.1 Å². The fourth-order valence-electron chi connectivity index (χ4n) is 2.57. The van der Waals surface area contributed by atoms with E-state index in [0.29, 0.717) is 49.8 Å². The van der Waals surface area contributed by atoms with E-state index < -0.39 is 0 Å². The molecule has 0 fully saturated rings. The average molecular weight is 340 g/mol. The van der Waals surface area contributed by atoms with Crippen LogP contribution in [0.4, 0.5) is 0 Å². The normalized spacial score (nSPS) is 12.3. The van der Waals surface area contributed by atoms with Gasteiger partial charge in [0.25, 0.3) is 5.91 Å². The minimum atomic E-state index is -0.250. The minimum Gasteiger partial charge on any atom is -0.486 e. The van der Waals surface area contributed by atoms with E-state index >= 15 is 0 Å². The van der Waals surface area contributed by atoms with E-state index in [9.17, 15) is 9.59 Å². The van der Waals surface area contributed by atoms with Gasteiger partial charge < -0.3 is 20.1 Å². The summed E-state index contributed by atoms with van der Waals surface area (Å²) in [4.78, 5) is 24.2. The van der Waals surface area contributed by atoms with E-state index in [1.807, 2.05) is 30.3 Å². The van der Waals surface area contributed by atoms with Crippen molar-refractivity contribution in [1.82, 2.24) is 10.6 Å². The van der Waals surface area contributed by atoms with Crippen LogP contribution in [0.2, 0.25) is 0 Å². The van der Waals surface area contributed by atoms with E-state index in [4.69, 9.17) is 9.47 Å². The van der Waals surface area contributed by atoms with Crippen molar-refractivity contribution in [3.63, 3.8) is 0 Å². The van der Waals surface area contributed by atoms with E-state index in [1.54, 1.807) is 18.2 Å². The molecular formula is C19H20N2O4. The van der Waals surface area contributed by atoms with Crippen LogP contribution in [-0.2, 0) is 11.2 Å². The van der Waals surface area contributed by atoms with Gasteiger partial charge >= 0.3 is 0 Å². The van der Waals surface area contributed by atoms with Gasteiger partial charge in [-0.05, 0) is 17.7 Å². The molecule has 1 heterocycles. The molecule has 0 aromatic heterocycles. The van der Waals surface area contributed by atoms with Gasteiger partial charge in [-0.15, -0.1) is 0 Å². The van der Waals surface area contributed by atoms with Crippen LogP contribution >= 0.6 is 0 Å². The summed E-state index contributed by atoms with van der Waals surface area (Å²) in [6.07, 6.45) is 0.326. The first-order valence-electron chi connectivity index (χ1n) is 8.21. The summed E-state index contributed by atoms with van der Waals surface area (Å²) in [6, 6.07) is 14.7. The van der Waals surface area contributed by atoms with Gasteiger partial charge in [0, 0.05) is 13.1 Å². The first-order valence-corrected chi connectivity index (χ1v) is 8.21. The molecule has 0 saturated heterocycles. The first kappa shape index (κ1) is 16.8. The maximum atomic E-state index is 12.3. The van der Waals surface area contributed by atoms with Crippen LogP contribution < -0.4 is 20.1 Å². The second kappa shape index (κ2) is 8.19. The van der Waals surface area contributed by atoms with Crippen molar-refractivity contribution in [3.8, 4) is 11.5 Å². The van der Waals surface area contributed by atoms with E-state index in [-0.39, 0.29) is 11.8 Å². The maximum absolute atomic E-state index is 12.3. The van der Waals surface area contributed by atoms with Gasteiger partial charge in [0.2, 0.25) is 5.91 Å². The standard InChI is InChI=1S/C19H20N2O4/c22-17(13-14-5-2-1-3-6-14)20-9-10-21-19(23)15-7-4-8-16-18(15)25-12-11-24-16/h1-8H,9-13H2,(H,20,22)(H,21,23). The zero-order chi connectivity index (χ0) is 17.5. The number of para-hydroxylation sites is 1. The van der Waals surface area contributed by atoms with Crippen molar-refractivity contribution in [3.05, 3.63) is 59.7 Å². The molecule has 0 atom stereocenters. The summed E-state index contributed by atoms with van der Waals surface area (Å²) >= 11 is 0. The van der Waals surface area contributed by atoms with Crippen LogP contribution in [0.5, 0.6) is 11.5 Å². The monoisotopic (exact) mass is 340 g/mol. The van der Waals surface area contributed by atoms with Crippen molar-refractivity contribution in [1.29, 1.82) is 0 Å². The molecule has 25 heavy (non-hydrogen) atoms. The molecular weight excluding hydrogens is 320 g/mol. The predicted molar refractivity (Wildman–Crippen MR) is 92.9 cm³/mol. The van der Waals surface area contributed by atoms with Crippen LogP contribution in [0.1, 0.15) is 15.9 Å². The Morgan fingerprint density at radius 2 is 1.64 bits per heavy atom. The average Bonchev–Trinajstić information content (AvgIpc) is 2.65. The molecule has 1 aliphatic rings. The molecule has 6 nitrogen and oxygen atoms in total. The Hall–Kier alpha value is -3.02. The highest BCUT2D eigenvalue weighted by Crippen LogP contribution is 2.33. The van der Waals surface area contributed by atoms with Gasteiger partial charge in [0.05, 0.1) is 12.0 Å². The number of carbonyl (C=O) groups excluding carboxylic acids is 2. The van der Waals surface area contributed by atoms with Crippen LogP contribution in [-0.4, -0.2) is 38.1 Å². The van der Waals surface area contributed by atoms with Gasteiger partial charge in [-0.2, -0.15) is 0 Å². The van der Waals surface area contributed by atoms with Crippen LogP contribution in [0.25, 0.3) is 0 Å². The quantitative estimate of drug-likeness (QED) is 0.782. The maximum Gasteiger partial charge on any atom is 0.255 e. The molecule has 0 spiro atoms. The SMILES string of the molecule is O=C(Cc1ccccc1)NCCNC(=O)c1cccc2c1OCCO2. The number of fused-ring (bicyclic) bond motifs is 1. The summed E-state index contributed by atoms with van der Waals surface area (Å²) in [7, 11) is 0. The molecule has 0 bridgehead atoms. The second-order valence-electron chi connectivity index (χ2n) is 5.60. The highest BCUT2D eigenvalue weighted by Gasteiger charge is 2.19. The molecule has 0 aliphatic carbocycles. The van der Waals surface area contributed by atoms with Gasteiger partial charge in [-0.25, -0.2) is 0 Å².